The summed E-state index contributed by atoms with van der Waals surface area (Å²) in [6.07, 6.45) is 1.44. The summed E-state index contributed by atoms with van der Waals surface area (Å²) in [5.41, 5.74) is 9.61. The molecule has 0 radical (unpaired) electrons. The lowest BCUT2D eigenvalue weighted by molar-refractivity contribution is 0.414. The van der Waals surface area contributed by atoms with Crippen LogP contribution < -0.4 is 10.5 Å². The Balaban J connectivity index is 2.06. The summed E-state index contributed by atoms with van der Waals surface area (Å²) in [4.78, 5) is 0. The molecule has 0 amide bonds. The largest absolute Gasteiger partial charge is 0.497 e. The van der Waals surface area contributed by atoms with Gasteiger partial charge in [-0.15, -0.1) is 0 Å². The van der Waals surface area contributed by atoms with Crippen LogP contribution in [0.2, 0.25) is 0 Å². The van der Waals surface area contributed by atoms with Gasteiger partial charge in [-0.25, -0.2) is 0 Å². The molecule has 5 heteroatoms. The average molecular weight is 378 g/mol. The molecule has 0 heterocycles. The number of benzene rings is 2. The third-order valence-electron chi connectivity index (χ3n) is 5.91. The number of nitrogens with zero attached hydrogens (tertiary/aromatic N) is 3. The van der Waals surface area contributed by atoms with Crippen LogP contribution >= 0.6 is 0 Å². The van der Waals surface area contributed by atoms with E-state index in [1.165, 1.54) is 0 Å². The van der Waals surface area contributed by atoms with Crippen molar-refractivity contribution in [2.75, 3.05) is 7.11 Å². The molecular formula is C24H18N4O. The van der Waals surface area contributed by atoms with Gasteiger partial charge >= 0.3 is 0 Å². The number of methoxy groups -OCH3 is 1. The van der Waals surface area contributed by atoms with Crippen molar-refractivity contribution in [2.45, 2.75) is 18.8 Å². The van der Waals surface area contributed by atoms with Gasteiger partial charge in [-0.3, -0.25) is 0 Å². The predicted molar refractivity (Wildman–Crippen MR) is 108 cm³/mol. The van der Waals surface area contributed by atoms with Gasteiger partial charge in [0.1, 0.15) is 11.8 Å². The average Bonchev–Trinajstić information content (AvgIpc) is 2.78. The van der Waals surface area contributed by atoms with E-state index in [0.29, 0.717) is 12.2 Å². The second-order valence-electron chi connectivity index (χ2n) is 7.20. The maximum atomic E-state index is 10.1. The Kier molecular flexibility index (Phi) is 4.34. The van der Waals surface area contributed by atoms with Crippen LogP contribution in [0.25, 0.3) is 5.57 Å². The van der Waals surface area contributed by atoms with Crippen LogP contribution in [0.15, 0.2) is 65.4 Å². The van der Waals surface area contributed by atoms with E-state index in [1.807, 2.05) is 48.5 Å². The fraction of sp³-hybridized carbons (Fsp3) is 0.208. The molecule has 2 N–H and O–H groups in total. The maximum absolute atomic E-state index is 10.1. The zero-order valence-corrected chi connectivity index (χ0v) is 15.9. The van der Waals surface area contributed by atoms with Crippen LogP contribution in [0.5, 0.6) is 5.75 Å². The van der Waals surface area contributed by atoms with Gasteiger partial charge in [0.2, 0.25) is 0 Å². The standard InChI is InChI=1S/C24H18N4O/c1-29-17-9-6-16(7-10-17)22-19-11-8-15-4-2-3-5-18(15)21(19)20(12-25)23(28)24(22,13-26)14-27/h2-7,9-10,22H,8,11,28H2,1H3. The van der Waals surface area contributed by atoms with E-state index < -0.39 is 11.3 Å². The zero-order valence-electron chi connectivity index (χ0n) is 15.9. The van der Waals surface area contributed by atoms with Crippen LogP contribution in [0.4, 0.5) is 0 Å². The molecule has 2 aliphatic rings. The van der Waals surface area contributed by atoms with Crippen molar-refractivity contribution < 1.29 is 4.74 Å². The van der Waals surface area contributed by atoms with Gasteiger partial charge in [0.25, 0.3) is 0 Å². The van der Waals surface area contributed by atoms with Crippen LogP contribution in [0.3, 0.4) is 0 Å². The van der Waals surface area contributed by atoms with Crippen molar-refractivity contribution in [3.8, 4) is 24.0 Å². The minimum absolute atomic E-state index is 0.0290. The first-order valence-corrected chi connectivity index (χ1v) is 9.29. The van der Waals surface area contributed by atoms with E-state index in [0.717, 1.165) is 34.3 Å². The number of hydrogen-bond acceptors (Lipinski definition) is 5. The van der Waals surface area contributed by atoms with Gasteiger partial charge < -0.3 is 10.5 Å². The molecule has 140 valence electrons. The van der Waals surface area contributed by atoms with Gasteiger partial charge in [0.05, 0.1) is 30.5 Å². The van der Waals surface area contributed by atoms with E-state index in [1.54, 1.807) is 7.11 Å². The van der Waals surface area contributed by atoms with E-state index in [4.69, 9.17) is 10.5 Å². The van der Waals surface area contributed by atoms with Crippen LogP contribution in [-0.4, -0.2) is 7.11 Å². The first-order valence-electron chi connectivity index (χ1n) is 9.29. The lowest BCUT2D eigenvalue weighted by Gasteiger charge is -2.40. The summed E-state index contributed by atoms with van der Waals surface area (Å²) >= 11 is 0. The lowest BCUT2D eigenvalue weighted by Crippen LogP contribution is -2.38. The summed E-state index contributed by atoms with van der Waals surface area (Å²) in [5.74, 6) is 0.136. The Hall–Kier alpha value is -4.01. The van der Waals surface area contributed by atoms with Gasteiger partial charge in [-0.1, -0.05) is 42.0 Å². The van der Waals surface area contributed by atoms with Crippen molar-refractivity contribution in [1.29, 1.82) is 15.8 Å². The molecule has 4 rings (SSSR count). The van der Waals surface area contributed by atoms with E-state index in [2.05, 4.69) is 18.2 Å². The summed E-state index contributed by atoms with van der Waals surface area (Å²) in [5, 5.41) is 30.1. The quantitative estimate of drug-likeness (QED) is 0.851. The Labute approximate surface area is 169 Å². The van der Waals surface area contributed by atoms with Crippen molar-refractivity contribution in [1.82, 2.24) is 0 Å². The number of ether oxygens (including phenoxy) is 1. The summed E-state index contributed by atoms with van der Waals surface area (Å²) in [7, 11) is 1.59. The van der Waals surface area contributed by atoms with Gasteiger partial charge in [-0.2, -0.15) is 15.8 Å². The molecule has 0 saturated heterocycles. The van der Waals surface area contributed by atoms with Crippen LogP contribution in [0, 0.1) is 39.4 Å². The highest BCUT2D eigenvalue weighted by molar-refractivity contribution is 5.91. The minimum atomic E-state index is -1.63. The molecule has 29 heavy (non-hydrogen) atoms. The Bertz CT molecular complexity index is 1170. The topological polar surface area (TPSA) is 107 Å². The van der Waals surface area contributed by atoms with Crippen molar-refractivity contribution in [3.63, 3.8) is 0 Å². The number of rotatable bonds is 2. The fourth-order valence-corrected chi connectivity index (χ4v) is 4.52. The molecule has 2 aromatic rings. The Morgan fingerprint density at radius 3 is 2.31 bits per heavy atom. The lowest BCUT2D eigenvalue weighted by atomic mass is 9.59. The maximum Gasteiger partial charge on any atom is 0.194 e. The minimum Gasteiger partial charge on any atom is -0.497 e. The fourth-order valence-electron chi connectivity index (χ4n) is 4.52. The van der Waals surface area contributed by atoms with E-state index in [9.17, 15) is 15.8 Å². The Morgan fingerprint density at radius 1 is 1.00 bits per heavy atom. The monoisotopic (exact) mass is 378 g/mol. The first kappa shape index (κ1) is 18.4. The Morgan fingerprint density at radius 2 is 1.69 bits per heavy atom. The molecule has 0 aromatic heterocycles. The molecule has 0 bridgehead atoms. The molecule has 5 nitrogen and oxygen atoms in total. The molecule has 2 aliphatic carbocycles. The highest BCUT2D eigenvalue weighted by Gasteiger charge is 2.51. The first-order chi connectivity index (χ1) is 14.1. The number of nitriles is 3. The van der Waals surface area contributed by atoms with Crippen molar-refractivity contribution >= 4 is 5.57 Å². The molecule has 0 fully saturated rings. The highest BCUT2D eigenvalue weighted by atomic mass is 16.5. The second kappa shape index (κ2) is 6.86. The van der Waals surface area contributed by atoms with Gasteiger partial charge in [0.15, 0.2) is 5.41 Å². The normalized spacial score (nSPS) is 19.3. The molecule has 0 spiro atoms. The zero-order chi connectivity index (χ0) is 20.6. The van der Waals surface area contributed by atoms with Crippen LogP contribution in [-0.2, 0) is 6.42 Å². The molecule has 1 unspecified atom stereocenters. The summed E-state index contributed by atoms with van der Waals surface area (Å²) < 4.78 is 5.25. The van der Waals surface area contributed by atoms with E-state index in [-0.39, 0.29) is 11.3 Å². The highest BCUT2D eigenvalue weighted by Crippen LogP contribution is 2.55. The molecule has 2 aromatic carbocycles. The van der Waals surface area contributed by atoms with E-state index >= 15 is 0 Å². The number of allylic oxidation sites excluding steroid dienone is 4. The number of fused-ring (bicyclic) bond motifs is 2. The SMILES string of the molecule is COc1ccc(C2C3=C(C(C#N)=C(N)C2(C#N)C#N)c2ccccc2CC3)cc1. The second-order valence-corrected chi connectivity index (χ2v) is 7.20. The molecule has 1 atom stereocenters. The van der Waals surface area contributed by atoms with Crippen LogP contribution in [0.1, 0.15) is 29.0 Å². The number of hydrogen-bond donors (Lipinski definition) is 1. The number of aryl methyl sites for hydroxylation is 1. The number of nitrogens with two attached hydrogens (primary N) is 1. The molecule has 0 saturated carbocycles. The van der Waals surface area contributed by atoms with Gasteiger partial charge in [-0.05, 0) is 41.7 Å². The predicted octanol–water partition coefficient (Wildman–Crippen LogP) is 3.96. The summed E-state index contributed by atoms with van der Waals surface area (Å²) in [6, 6.07) is 21.8. The van der Waals surface area contributed by atoms with Crippen molar-refractivity contribution in [3.05, 3.63) is 82.1 Å². The summed E-state index contributed by atoms with van der Waals surface area (Å²) in [6.45, 7) is 0. The smallest absolute Gasteiger partial charge is 0.194 e. The molecular weight excluding hydrogens is 360 g/mol. The third kappa shape index (κ3) is 2.51. The van der Waals surface area contributed by atoms with Gasteiger partial charge in [0, 0.05) is 11.5 Å². The van der Waals surface area contributed by atoms with Crippen molar-refractivity contribution in [2.24, 2.45) is 11.1 Å². The molecule has 0 aliphatic heterocycles. The third-order valence-corrected chi connectivity index (χ3v) is 5.91.